The highest BCUT2D eigenvalue weighted by atomic mass is 32.2. The van der Waals surface area contributed by atoms with E-state index in [4.69, 9.17) is 0 Å². The summed E-state index contributed by atoms with van der Waals surface area (Å²) in [6, 6.07) is 19.4. The van der Waals surface area contributed by atoms with Crippen molar-refractivity contribution in [3.8, 4) is 6.07 Å². The van der Waals surface area contributed by atoms with Crippen LogP contribution in [0.5, 0.6) is 0 Å². The average molecular weight is 347 g/mol. The van der Waals surface area contributed by atoms with Crippen LogP contribution in [-0.2, 0) is 11.2 Å². The number of aryl methyl sites for hydroxylation is 1. The van der Waals surface area contributed by atoms with E-state index >= 15 is 0 Å². The van der Waals surface area contributed by atoms with Gasteiger partial charge in [-0.2, -0.15) is 5.26 Å². The Bertz CT molecular complexity index is 948. The van der Waals surface area contributed by atoms with E-state index in [1.54, 1.807) is 0 Å². The molecule has 0 spiro atoms. The first-order valence-corrected chi connectivity index (χ1v) is 8.99. The molecule has 5 heteroatoms. The molecule has 4 nitrogen and oxygen atoms in total. The van der Waals surface area contributed by atoms with Gasteiger partial charge in [0.05, 0.1) is 16.8 Å². The van der Waals surface area contributed by atoms with E-state index in [-0.39, 0.29) is 11.7 Å². The summed E-state index contributed by atoms with van der Waals surface area (Å²) < 4.78 is 0. The molecule has 0 aliphatic heterocycles. The number of benzene rings is 2. The molecule has 1 aromatic heterocycles. The van der Waals surface area contributed by atoms with Gasteiger partial charge in [0, 0.05) is 11.1 Å². The summed E-state index contributed by atoms with van der Waals surface area (Å²) in [4.78, 5) is 16.7. The highest BCUT2D eigenvalue weighted by molar-refractivity contribution is 8.00. The number of thioether (sulfide) groups is 1. The number of carbonyl (C=O) groups excluding carboxylic acids is 1. The molecule has 0 saturated heterocycles. The van der Waals surface area contributed by atoms with Crippen molar-refractivity contribution in [1.29, 1.82) is 5.26 Å². The van der Waals surface area contributed by atoms with E-state index in [0.29, 0.717) is 10.6 Å². The summed E-state index contributed by atoms with van der Waals surface area (Å²) in [5.74, 6) is 0.0816. The van der Waals surface area contributed by atoms with E-state index < -0.39 is 0 Å². The number of anilines is 1. The molecule has 1 heterocycles. The van der Waals surface area contributed by atoms with Crippen LogP contribution in [0.1, 0.15) is 18.1 Å². The zero-order valence-corrected chi connectivity index (χ0v) is 14.6. The lowest BCUT2D eigenvalue weighted by atomic mass is 10.1. The first-order chi connectivity index (χ1) is 12.2. The van der Waals surface area contributed by atoms with Crippen LogP contribution in [0.25, 0.3) is 10.9 Å². The number of aromatic nitrogens is 1. The number of amides is 1. The number of nitrogens with zero attached hydrogens (tertiary/aromatic N) is 2. The summed E-state index contributed by atoms with van der Waals surface area (Å²) >= 11 is 1.28. The van der Waals surface area contributed by atoms with Gasteiger partial charge in [-0.05, 0) is 42.3 Å². The van der Waals surface area contributed by atoms with Crippen LogP contribution in [0.15, 0.2) is 59.6 Å². The summed E-state index contributed by atoms with van der Waals surface area (Å²) in [5.41, 5.74) is 3.30. The molecule has 0 bridgehead atoms. The maximum atomic E-state index is 12.1. The van der Waals surface area contributed by atoms with Crippen molar-refractivity contribution < 1.29 is 4.79 Å². The normalized spacial score (nSPS) is 10.4. The minimum atomic E-state index is -0.122. The van der Waals surface area contributed by atoms with Crippen LogP contribution in [0.4, 0.5) is 5.69 Å². The molecule has 25 heavy (non-hydrogen) atoms. The van der Waals surface area contributed by atoms with E-state index in [1.807, 2.05) is 48.5 Å². The van der Waals surface area contributed by atoms with Crippen molar-refractivity contribution in [2.24, 2.45) is 0 Å². The molecule has 1 N–H and O–H groups in total. The first kappa shape index (κ1) is 17.0. The van der Waals surface area contributed by atoms with Crippen LogP contribution in [0, 0.1) is 11.3 Å². The van der Waals surface area contributed by atoms with Crippen molar-refractivity contribution in [2.75, 3.05) is 11.1 Å². The molecule has 0 radical (unpaired) electrons. The molecule has 3 rings (SSSR count). The number of carbonyl (C=O) groups is 1. The van der Waals surface area contributed by atoms with Gasteiger partial charge in [-0.1, -0.05) is 43.0 Å². The number of nitrogens with one attached hydrogen (secondary N) is 1. The van der Waals surface area contributed by atoms with Gasteiger partial charge < -0.3 is 5.32 Å². The zero-order chi connectivity index (χ0) is 17.6. The number of nitriles is 1. The fourth-order valence-electron chi connectivity index (χ4n) is 2.47. The molecule has 0 aliphatic rings. The highest BCUT2D eigenvalue weighted by Crippen LogP contribution is 2.25. The maximum Gasteiger partial charge on any atom is 0.234 e. The minimum Gasteiger partial charge on any atom is -0.325 e. The zero-order valence-electron chi connectivity index (χ0n) is 13.8. The largest absolute Gasteiger partial charge is 0.325 e. The van der Waals surface area contributed by atoms with Gasteiger partial charge >= 0.3 is 0 Å². The summed E-state index contributed by atoms with van der Waals surface area (Å²) in [6.45, 7) is 2.09. The molecule has 0 unspecified atom stereocenters. The lowest BCUT2D eigenvalue weighted by Crippen LogP contribution is -2.14. The number of hydrogen-bond donors (Lipinski definition) is 1. The number of pyridine rings is 1. The Morgan fingerprint density at radius 1 is 1.20 bits per heavy atom. The molecule has 0 aliphatic carbocycles. The molecule has 0 atom stereocenters. The van der Waals surface area contributed by atoms with Crippen LogP contribution in [0.2, 0.25) is 0 Å². The van der Waals surface area contributed by atoms with Gasteiger partial charge in [0.15, 0.2) is 0 Å². The number of rotatable bonds is 5. The molecule has 0 fully saturated rings. The van der Waals surface area contributed by atoms with Gasteiger partial charge in [0.1, 0.15) is 11.1 Å². The fourth-order valence-corrected chi connectivity index (χ4v) is 3.23. The number of hydrogen-bond acceptors (Lipinski definition) is 4. The van der Waals surface area contributed by atoms with Crippen molar-refractivity contribution in [3.05, 3.63) is 65.7 Å². The third kappa shape index (κ3) is 4.17. The molecule has 0 saturated carbocycles. The van der Waals surface area contributed by atoms with Crippen LogP contribution < -0.4 is 5.32 Å². The predicted octanol–water partition coefficient (Wildman–Crippen LogP) is 4.40. The Morgan fingerprint density at radius 2 is 2.00 bits per heavy atom. The highest BCUT2D eigenvalue weighted by Gasteiger charge is 2.11. The van der Waals surface area contributed by atoms with Gasteiger partial charge in [0.2, 0.25) is 5.91 Å². The Kier molecular flexibility index (Phi) is 5.32. The first-order valence-electron chi connectivity index (χ1n) is 8.01. The standard InChI is InChI=1S/C20H17N3OS/c1-2-14-8-9-18-15(10-14)11-16(12-21)20(23-18)25-13-19(24)22-17-6-4-3-5-7-17/h3-11H,2,13H2,1H3,(H,22,24). The Balaban J connectivity index is 1.76. The van der Waals surface area contributed by atoms with Crippen LogP contribution in [-0.4, -0.2) is 16.6 Å². The molecule has 2 aromatic carbocycles. The SMILES string of the molecule is CCc1ccc2nc(SCC(=O)Nc3ccccc3)c(C#N)cc2c1. The summed E-state index contributed by atoms with van der Waals surface area (Å²) in [6.07, 6.45) is 0.938. The summed E-state index contributed by atoms with van der Waals surface area (Å²) in [5, 5.41) is 13.8. The van der Waals surface area contributed by atoms with E-state index in [9.17, 15) is 10.1 Å². The minimum absolute atomic E-state index is 0.122. The van der Waals surface area contributed by atoms with Crippen LogP contribution in [0.3, 0.4) is 0 Å². The number of para-hydroxylation sites is 1. The Morgan fingerprint density at radius 3 is 2.72 bits per heavy atom. The second-order valence-corrected chi connectivity index (χ2v) is 6.50. The van der Waals surface area contributed by atoms with Crippen molar-refractivity contribution >= 4 is 34.3 Å². The van der Waals surface area contributed by atoms with Gasteiger partial charge in [-0.3, -0.25) is 4.79 Å². The smallest absolute Gasteiger partial charge is 0.234 e. The van der Waals surface area contributed by atoms with E-state index in [1.165, 1.54) is 17.3 Å². The van der Waals surface area contributed by atoms with Crippen molar-refractivity contribution in [1.82, 2.24) is 4.98 Å². The van der Waals surface area contributed by atoms with Crippen molar-refractivity contribution in [2.45, 2.75) is 18.4 Å². The molecular formula is C20H17N3OS. The predicted molar refractivity (Wildman–Crippen MR) is 102 cm³/mol. The third-order valence-corrected chi connectivity index (χ3v) is 4.76. The fraction of sp³-hybridized carbons (Fsp3) is 0.150. The summed E-state index contributed by atoms with van der Waals surface area (Å²) in [7, 11) is 0. The Hall–Kier alpha value is -2.84. The lowest BCUT2D eigenvalue weighted by molar-refractivity contribution is -0.113. The number of fused-ring (bicyclic) bond motifs is 1. The van der Waals surface area contributed by atoms with E-state index in [2.05, 4.69) is 29.4 Å². The topological polar surface area (TPSA) is 65.8 Å². The monoisotopic (exact) mass is 347 g/mol. The molecule has 1 amide bonds. The third-order valence-electron chi connectivity index (χ3n) is 3.77. The molecule has 3 aromatic rings. The molecule has 124 valence electrons. The lowest BCUT2D eigenvalue weighted by Gasteiger charge is -2.08. The van der Waals surface area contributed by atoms with Gasteiger partial charge in [-0.25, -0.2) is 4.98 Å². The van der Waals surface area contributed by atoms with Crippen LogP contribution >= 0.6 is 11.8 Å². The quantitative estimate of drug-likeness (QED) is 0.695. The van der Waals surface area contributed by atoms with Gasteiger partial charge in [0.25, 0.3) is 0 Å². The Labute approximate surface area is 150 Å². The second kappa shape index (κ2) is 7.82. The molecular weight excluding hydrogens is 330 g/mol. The second-order valence-electron chi connectivity index (χ2n) is 5.54. The van der Waals surface area contributed by atoms with Gasteiger partial charge in [-0.15, -0.1) is 0 Å². The van der Waals surface area contributed by atoms with E-state index in [0.717, 1.165) is 23.0 Å². The van der Waals surface area contributed by atoms with Crippen molar-refractivity contribution in [3.63, 3.8) is 0 Å². The average Bonchev–Trinajstić information content (AvgIpc) is 2.65. The maximum absolute atomic E-state index is 12.1.